The average molecular weight is 520 g/mol. The summed E-state index contributed by atoms with van der Waals surface area (Å²) in [5.41, 5.74) is 9.19. The molecule has 0 amide bonds. The third kappa shape index (κ3) is 4.39. The van der Waals surface area contributed by atoms with Crippen molar-refractivity contribution in [2.24, 2.45) is 0 Å². The highest BCUT2D eigenvalue weighted by Gasteiger charge is 2.25. The SMILES string of the molecule is CNc1ccc(-c2ccc3c4c5c(nc3c2)c2ccccc2n5CCCN4CCCN2CCN(C)CC2)nc1. The van der Waals surface area contributed by atoms with Gasteiger partial charge in [0.1, 0.15) is 0 Å². The van der Waals surface area contributed by atoms with E-state index in [4.69, 9.17) is 9.97 Å². The van der Waals surface area contributed by atoms with Crippen LogP contribution >= 0.6 is 0 Å². The maximum atomic E-state index is 5.33. The summed E-state index contributed by atoms with van der Waals surface area (Å²) in [4.78, 5) is 17.8. The van der Waals surface area contributed by atoms with Crippen LogP contribution in [0.5, 0.6) is 0 Å². The van der Waals surface area contributed by atoms with E-state index in [-0.39, 0.29) is 0 Å². The van der Waals surface area contributed by atoms with Crippen LogP contribution in [0.25, 0.3) is 44.1 Å². The largest absolute Gasteiger partial charge is 0.387 e. The molecule has 1 N–H and O–H groups in total. The van der Waals surface area contributed by atoms with E-state index in [9.17, 15) is 0 Å². The van der Waals surface area contributed by atoms with Gasteiger partial charge in [0.15, 0.2) is 0 Å². The van der Waals surface area contributed by atoms with E-state index < -0.39 is 0 Å². The molecule has 0 bridgehead atoms. The Kier molecular flexibility index (Phi) is 6.33. The van der Waals surface area contributed by atoms with Crippen molar-refractivity contribution in [3.8, 4) is 11.3 Å². The maximum absolute atomic E-state index is 5.33. The van der Waals surface area contributed by atoms with Gasteiger partial charge in [-0.1, -0.05) is 24.3 Å². The number of hydrogen-bond acceptors (Lipinski definition) is 6. The molecule has 0 aliphatic carbocycles. The third-order valence-corrected chi connectivity index (χ3v) is 8.63. The van der Waals surface area contributed by atoms with Crippen molar-refractivity contribution in [2.45, 2.75) is 19.4 Å². The fraction of sp³-hybridized carbons (Fsp3) is 0.375. The fourth-order valence-electron chi connectivity index (χ4n) is 6.45. The first-order chi connectivity index (χ1) is 19.2. The second-order valence-corrected chi connectivity index (χ2v) is 11.1. The highest BCUT2D eigenvalue weighted by molar-refractivity contribution is 6.17. The third-order valence-electron chi connectivity index (χ3n) is 8.63. The molecule has 2 aliphatic heterocycles. The Bertz CT molecular complexity index is 1630. The number of anilines is 2. The maximum Gasteiger partial charge on any atom is 0.0988 e. The summed E-state index contributed by atoms with van der Waals surface area (Å²) in [6.07, 6.45) is 4.20. The summed E-state index contributed by atoms with van der Waals surface area (Å²) in [5, 5.41) is 5.65. The summed E-state index contributed by atoms with van der Waals surface area (Å²) in [6, 6.07) is 19.7. The van der Waals surface area contributed by atoms with E-state index in [1.807, 2.05) is 13.2 Å². The van der Waals surface area contributed by atoms with Crippen molar-refractivity contribution in [1.82, 2.24) is 24.3 Å². The molecule has 39 heavy (non-hydrogen) atoms. The van der Waals surface area contributed by atoms with Crippen molar-refractivity contribution in [1.29, 1.82) is 0 Å². The Morgan fingerprint density at radius 2 is 1.74 bits per heavy atom. The molecule has 0 radical (unpaired) electrons. The van der Waals surface area contributed by atoms with Gasteiger partial charge in [0.25, 0.3) is 0 Å². The number of pyridine rings is 2. The monoisotopic (exact) mass is 519 g/mol. The van der Waals surface area contributed by atoms with Crippen LogP contribution in [-0.4, -0.2) is 84.2 Å². The molecule has 5 heterocycles. The van der Waals surface area contributed by atoms with E-state index in [2.05, 4.69) is 86.2 Å². The minimum atomic E-state index is 0.968. The van der Waals surface area contributed by atoms with Gasteiger partial charge in [-0.3, -0.25) is 4.98 Å². The van der Waals surface area contributed by atoms with Crippen LogP contribution in [0, 0.1) is 0 Å². The quantitative estimate of drug-likeness (QED) is 0.329. The van der Waals surface area contributed by atoms with Gasteiger partial charge in [-0.05, 0) is 56.8 Å². The lowest BCUT2D eigenvalue weighted by atomic mass is 10.0. The minimum Gasteiger partial charge on any atom is -0.387 e. The number of aromatic nitrogens is 3. The van der Waals surface area contributed by atoms with Crippen LogP contribution in [-0.2, 0) is 6.54 Å². The number of hydrogen-bond donors (Lipinski definition) is 1. The molecule has 200 valence electrons. The number of nitrogens with one attached hydrogen (secondary N) is 1. The summed E-state index contributed by atoms with van der Waals surface area (Å²) < 4.78 is 2.53. The molecule has 0 unspecified atom stereocenters. The van der Waals surface area contributed by atoms with Gasteiger partial charge < -0.3 is 24.6 Å². The topological polar surface area (TPSA) is 52.5 Å². The van der Waals surface area contributed by atoms with Gasteiger partial charge in [0, 0.05) is 69.2 Å². The first-order valence-electron chi connectivity index (χ1n) is 14.3. The highest BCUT2D eigenvalue weighted by atomic mass is 15.2. The molecule has 0 spiro atoms. The molecule has 2 aliphatic rings. The second-order valence-electron chi connectivity index (χ2n) is 11.1. The average Bonchev–Trinajstić information content (AvgIpc) is 3.15. The summed E-state index contributed by atoms with van der Waals surface area (Å²) >= 11 is 0. The van der Waals surface area contributed by atoms with E-state index in [1.165, 1.54) is 60.1 Å². The Balaban J connectivity index is 1.32. The molecule has 5 aromatic rings. The van der Waals surface area contributed by atoms with E-state index in [0.717, 1.165) is 60.6 Å². The van der Waals surface area contributed by atoms with E-state index >= 15 is 0 Å². The van der Waals surface area contributed by atoms with Crippen LogP contribution in [0.2, 0.25) is 0 Å². The van der Waals surface area contributed by atoms with Crippen LogP contribution < -0.4 is 10.2 Å². The Morgan fingerprint density at radius 1 is 0.872 bits per heavy atom. The lowest BCUT2D eigenvalue weighted by Gasteiger charge is -2.33. The summed E-state index contributed by atoms with van der Waals surface area (Å²) in [6.45, 7) is 9.04. The van der Waals surface area contributed by atoms with Crippen molar-refractivity contribution in [3.63, 3.8) is 0 Å². The number of nitrogens with zero attached hydrogens (tertiary/aromatic N) is 6. The molecular formula is C32H37N7. The summed E-state index contributed by atoms with van der Waals surface area (Å²) in [5.74, 6) is 0. The number of rotatable bonds is 6. The van der Waals surface area contributed by atoms with Gasteiger partial charge in [-0.25, -0.2) is 4.98 Å². The zero-order valence-electron chi connectivity index (χ0n) is 23.0. The number of fused-ring (bicyclic) bond motifs is 5. The zero-order valence-corrected chi connectivity index (χ0v) is 23.0. The molecular weight excluding hydrogens is 482 g/mol. The van der Waals surface area contributed by atoms with Crippen LogP contribution in [0.1, 0.15) is 12.8 Å². The van der Waals surface area contributed by atoms with Gasteiger partial charge in [0.2, 0.25) is 0 Å². The molecule has 0 atom stereocenters. The highest BCUT2D eigenvalue weighted by Crippen LogP contribution is 2.41. The molecule has 7 nitrogen and oxygen atoms in total. The van der Waals surface area contributed by atoms with E-state index in [1.54, 1.807) is 0 Å². The van der Waals surface area contributed by atoms with Crippen LogP contribution in [0.3, 0.4) is 0 Å². The van der Waals surface area contributed by atoms with E-state index in [0.29, 0.717) is 0 Å². The number of piperazine rings is 1. The van der Waals surface area contributed by atoms with Crippen LogP contribution in [0.4, 0.5) is 11.4 Å². The van der Waals surface area contributed by atoms with Crippen molar-refractivity contribution in [2.75, 3.05) is 70.1 Å². The molecule has 7 heteroatoms. The predicted molar refractivity (Wildman–Crippen MR) is 163 cm³/mol. The Labute approximate surface area is 230 Å². The molecule has 0 saturated carbocycles. The number of benzene rings is 2. The molecule has 1 fully saturated rings. The van der Waals surface area contributed by atoms with Gasteiger partial charge in [0.05, 0.1) is 45.3 Å². The van der Waals surface area contributed by atoms with Crippen LogP contribution in [0.15, 0.2) is 60.8 Å². The zero-order chi connectivity index (χ0) is 26.3. The molecule has 2 aromatic carbocycles. The second kappa shape index (κ2) is 10.1. The van der Waals surface area contributed by atoms with Gasteiger partial charge in [-0.15, -0.1) is 0 Å². The normalized spacial score (nSPS) is 16.8. The standard InChI is InChI=1S/C32H37N7/c1-33-24-10-12-27(34-22-24)23-9-11-25-28(21-23)35-30-26-7-3-4-8-29(26)39-16-6-15-38(31(25)32(30)39)14-5-13-37-19-17-36(2)18-20-37/h3-4,7-12,21-22,33H,5-6,13-20H2,1-2H3. The van der Waals surface area contributed by atoms with Crippen molar-refractivity contribution in [3.05, 3.63) is 60.8 Å². The molecule has 7 rings (SSSR count). The van der Waals surface area contributed by atoms with Gasteiger partial charge in [-0.2, -0.15) is 0 Å². The van der Waals surface area contributed by atoms with Crippen molar-refractivity contribution < 1.29 is 0 Å². The first-order valence-corrected chi connectivity index (χ1v) is 14.3. The van der Waals surface area contributed by atoms with Gasteiger partial charge >= 0.3 is 0 Å². The number of para-hydroxylation sites is 1. The smallest absolute Gasteiger partial charge is 0.0988 e. The lowest BCUT2D eigenvalue weighted by molar-refractivity contribution is 0.153. The first kappa shape index (κ1) is 24.4. The summed E-state index contributed by atoms with van der Waals surface area (Å²) in [7, 11) is 4.15. The number of likely N-dealkylation sites (N-methyl/N-ethyl adjacent to an activating group) is 1. The van der Waals surface area contributed by atoms with Crippen molar-refractivity contribution >= 4 is 44.2 Å². The molecule has 3 aromatic heterocycles. The minimum absolute atomic E-state index is 0.968. The lowest BCUT2D eigenvalue weighted by Crippen LogP contribution is -2.45. The Morgan fingerprint density at radius 3 is 2.56 bits per heavy atom. The Hall–Kier alpha value is -3.68. The predicted octanol–water partition coefficient (Wildman–Crippen LogP) is 5.29. The fourth-order valence-corrected chi connectivity index (χ4v) is 6.45. The number of aryl methyl sites for hydroxylation is 1. The molecule has 1 saturated heterocycles.